The molecule has 0 N–H and O–H groups in total. The van der Waals surface area contributed by atoms with Gasteiger partial charge in [-0.05, 0) is 24.1 Å². The number of rotatable bonds is 0. The third-order valence-corrected chi connectivity index (χ3v) is 5.79. The maximum Gasteiger partial charge on any atom is 0.113 e. The zero-order valence-electron chi connectivity index (χ0n) is 9.08. The molecule has 0 spiro atoms. The second kappa shape index (κ2) is 2.97. The van der Waals surface area contributed by atoms with Crippen molar-refractivity contribution in [3.63, 3.8) is 0 Å². The monoisotopic (exact) mass is 208 g/mol. The molecule has 1 aliphatic rings. The molecule has 0 amide bonds. The Balaban J connectivity index is 2.67. The Kier molecular flexibility index (Phi) is 2.12. The Morgan fingerprint density at radius 1 is 1.29 bits per heavy atom. The SMILES string of the molecule is CC1(C)CCP(C)(=O)c2ccccc21. The zero-order valence-corrected chi connectivity index (χ0v) is 9.97. The van der Waals surface area contributed by atoms with Crippen LogP contribution in [0.3, 0.4) is 0 Å². The van der Waals surface area contributed by atoms with Gasteiger partial charge in [0.1, 0.15) is 7.14 Å². The van der Waals surface area contributed by atoms with Crippen molar-refractivity contribution in [3.8, 4) is 0 Å². The van der Waals surface area contributed by atoms with Crippen LogP contribution in [0.15, 0.2) is 24.3 Å². The van der Waals surface area contributed by atoms with Crippen LogP contribution in [0, 0.1) is 0 Å². The van der Waals surface area contributed by atoms with Crippen molar-refractivity contribution in [2.24, 2.45) is 0 Å². The molecule has 0 aromatic heterocycles. The van der Waals surface area contributed by atoms with Gasteiger partial charge in [0.2, 0.25) is 0 Å². The summed E-state index contributed by atoms with van der Waals surface area (Å²) in [5, 5.41) is 1.11. The molecule has 1 atom stereocenters. The van der Waals surface area contributed by atoms with Gasteiger partial charge in [-0.2, -0.15) is 0 Å². The average molecular weight is 208 g/mol. The lowest BCUT2D eigenvalue weighted by Gasteiger charge is -2.35. The molecular formula is C12H17OP. The molecule has 1 aromatic rings. The molecule has 0 radical (unpaired) electrons. The zero-order chi connectivity index (χ0) is 10.4. The Morgan fingerprint density at radius 3 is 2.57 bits per heavy atom. The first-order valence-corrected chi connectivity index (χ1v) is 7.44. The lowest BCUT2D eigenvalue weighted by Crippen LogP contribution is -2.32. The number of hydrogen-bond donors (Lipinski definition) is 0. The molecule has 0 saturated carbocycles. The fraction of sp³-hybridized carbons (Fsp3) is 0.500. The largest absolute Gasteiger partial charge is 0.319 e. The molecule has 1 aliphatic heterocycles. The van der Waals surface area contributed by atoms with Crippen molar-refractivity contribution in [1.29, 1.82) is 0 Å². The number of hydrogen-bond acceptors (Lipinski definition) is 1. The van der Waals surface area contributed by atoms with E-state index in [9.17, 15) is 4.57 Å². The first-order valence-electron chi connectivity index (χ1n) is 5.10. The van der Waals surface area contributed by atoms with Crippen molar-refractivity contribution in [2.75, 3.05) is 12.8 Å². The number of benzene rings is 1. The summed E-state index contributed by atoms with van der Waals surface area (Å²) in [5.74, 6) is 0. The minimum absolute atomic E-state index is 0.195. The van der Waals surface area contributed by atoms with Crippen LogP contribution in [0.5, 0.6) is 0 Å². The maximum absolute atomic E-state index is 12.3. The van der Waals surface area contributed by atoms with E-state index in [0.29, 0.717) is 0 Å². The predicted molar refractivity (Wildman–Crippen MR) is 62.1 cm³/mol. The fourth-order valence-electron chi connectivity index (χ4n) is 2.21. The van der Waals surface area contributed by atoms with Gasteiger partial charge in [-0.1, -0.05) is 38.1 Å². The van der Waals surface area contributed by atoms with E-state index in [-0.39, 0.29) is 5.41 Å². The van der Waals surface area contributed by atoms with Crippen LogP contribution < -0.4 is 5.30 Å². The van der Waals surface area contributed by atoms with Crippen LogP contribution in [-0.4, -0.2) is 12.8 Å². The molecule has 0 saturated heterocycles. The van der Waals surface area contributed by atoms with Crippen LogP contribution in [-0.2, 0) is 9.98 Å². The van der Waals surface area contributed by atoms with Crippen molar-refractivity contribution in [1.82, 2.24) is 0 Å². The second-order valence-corrected chi connectivity index (χ2v) is 8.11. The molecule has 76 valence electrons. The van der Waals surface area contributed by atoms with E-state index < -0.39 is 7.14 Å². The van der Waals surface area contributed by atoms with Crippen LogP contribution in [0.25, 0.3) is 0 Å². The highest BCUT2D eigenvalue weighted by Gasteiger charge is 2.35. The van der Waals surface area contributed by atoms with Gasteiger partial charge in [0, 0.05) is 11.5 Å². The fourth-order valence-corrected chi connectivity index (χ4v) is 4.72. The van der Waals surface area contributed by atoms with Crippen LogP contribution in [0.1, 0.15) is 25.8 Å². The quantitative estimate of drug-likeness (QED) is 0.599. The molecule has 2 rings (SSSR count). The molecule has 0 aliphatic carbocycles. The third-order valence-electron chi connectivity index (χ3n) is 3.31. The Hall–Kier alpha value is -0.550. The van der Waals surface area contributed by atoms with E-state index in [1.807, 2.05) is 24.9 Å². The molecule has 2 heteroatoms. The van der Waals surface area contributed by atoms with Gasteiger partial charge in [0.05, 0.1) is 0 Å². The van der Waals surface area contributed by atoms with E-state index in [1.165, 1.54) is 5.56 Å². The summed E-state index contributed by atoms with van der Waals surface area (Å²) in [7, 11) is -2.06. The molecule has 0 bridgehead atoms. The maximum atomic E-state index is 12.3. The molecule has 1 unspecified atom stereocenters. The summed E-state index contributed by atoms with van der Waals surface area (Å²) in [6.45, 7) is 6.40. The highest BCUT2D eigenvalue weighted by atomic mass is 31.2. The smallest absolute Gasteiger partial charge is 0.113 e. The summed E-state index contributed by atoms with van der Waals surface area (Å²) in [6, 6.07) is 8.21. The van der Waals surface area contributed by atoms with E-state index in [1.54, 1.807) is 0 Å². The van der Waals surface area contributed by atoms with Crippen LogP contribution in [0.2, 0.25) is 0 Å². The Bertz CT molecular complexity index is 407. The minimum atomic E-state index is -2.06. The van der Waals surface area contributed by atoms with Gasteiger partial charge in [0.25, 0.3) is 0 Å². The molecule has 1 nitrogen and oxygen atoms in total. The van der Waals surface area contributed by atoms with E-state index >= 15 is 0 Å². The van der Waals surface area contributed by atoms with Gasteiger partial charge in [0.15, 0.2) is 0 Å². The van der Waals surface area contributed by atoms with Crippen molar-refractivity contribution >= 4 is 12.4 Å². The molecule has 1 heterocycles. The summed E-state index contributed by atoms with van der Waals surface area (Å²) in [5.41, 5.74) is 1.48. The van der Waals surface area contributed by atoms with Crippen molar-refractivity contribution in [2.45, 2.75) is 25.7 Å². The minimum Gasteiger partial charge on any atom is -0.319 e. The number of fused-ring (bicyclic) bond motifs is 1. The molecule has 1 aromatic carbocycles. The first-order chi connectivity index (χ1) is 6.43. The predicted octanol–water partition coefficient (Wildman–Crippen LogP) is 2.99. The van der Waals surface area contributed by atoms with Crippen molar-refractivity contribution < 1.29 is 4.57 Å². The van der Waals surface area contributed by atoms with Gasteiger partial charge in [-0.3, -0.25) is 0 Å². The Labute approximate surface area is 85.9 Å². The summed E-state index contributed by atoms with van der Waals surface area (Å²) >= 11 is 0. The molecule has 14 heavy (non-hydrogen) atoms. The van der Waals surface area contributed by atoms with Crippen LogP contribution >= 0.6 is 7.14 Å². The lowest BCUT2D eigenvalue weighted by molar-refractivity contribution is 0.494. The normalized spacial score (nSPS) is 29.6. The lowest BCUT2D eigenvalue weighted by atomic mass is 9.82. The van der Waals surface area contributed by atoms with Crippen LogP contribution in [0.4, 0.5) is 0 Å². The summed E-state index contributed by atoms with van der Waals surface area (Å²) < 4.78 is 12.3. The topological polar surface area (TPSA) is 17.1 Å². The second-order valence-electron chi connectivity index (χ2n) is 4.98. The van der Waals surface area contributed by atoms with E-state index in [0.717, 1.165) is 17.9 Å². The summed E-state index contributed by atoms with van der Waals surface area (Å²) in [4.78, 5) is 0. The highest BCUT2D eigenvalue weighted by Crippen LogP contribution is 2.50. The summed E-state index contributed by atoms with van der Waals surface area (Å²) in [6.07, 6.45) is 1.90. The first kappa shape index (κ1) is 9.98. The standard InChI is InChI=1S/C12H17OP/c1-12(2)8-9-14(3,13)11-7-5-4-6-10(11)12/h4-7H,8-9H2,1-3H3. The van der Waals surface area contributed by atoms with Gasteiger partial charge < -0.3 is 4.57 Å². The average Bonchev–Trinajstić information content (AvgIpc) is 2.14. The van der Waals surface area contributed by atoms with E-state index in [2.05, 4.69) is 19.9 Å². The third kappa shape index (κ3) is 1.44. The van der Waals surface area contributed by atoms with Gasteiger partial charge in [-0.25, -0.2) is 0 Å². The van der Waals surface area contributed by atoms with Crippen molar-refractivity contribution in [3.05, 3.63) is 29.8 Å². The molecule has 0 fully saturated rings. The van der Waals surface area contributed by atoms with Gasteiger partial charge >= 0.3 is 0 Å². The highest BCUT2D eigenvalue weighted by molar-refractivity contribution is 7.71. The van der Waals surface area contributed by atoms with E-state index in [4.69, 9.17) is 0 Å². The molecular weight excluding hydrogens is 191 g/mol. The van der Waals surface area contributed by atoms with Gasteiger partial charge in [-0.15, -0.1) is 0 Å². The Morgan fingerprint density at radius 2 is 1.93 bits per heavy atom.